The Morgan fingerprint density at radius 3 is 2.59 bits per heavy atom. The number of amides is 2. The molecule has 17 heavy (non-hydrogen) atoms. The molecule has 1 aromatic carbocycles. The zero-order valence-corrected chi connectivity index (χ0v) is 11.1. The lowest BCUT2D eigenvalue weighted by molar-refractivity contribution is 0.129. The van der Waals surface area contributed by atoms with Crippen LogP contribution in [0.15, 0.2) is 18.2 Å². The second-order valence-electron chi connectivity index (χ2n) is 4.42. The van der Waals surface area contributed by atoms with E-state index in [9.17, 15) is 4.79 Å². The molecule has 1 aliphatic heterocycles. The summed E-state index contributed by atoms with van der Waals surface area (Å²) in [6.45, 7) is 4.20. The van der Waals surface area contributed by atoms with Crippen LogP contribution in [0.25, 0.3) is 0 Å². The van der Waals surface area contributed by atoms with E-state index in [4.69, 9.17) is 11.6 Å². The van der Waals surface area contributed by atoms with Crippen molar-refractivity contribution in [2.24, 2.45) is 0 Å². The number of hydrogen-bond donors (Lipinski definition) is 1. The zero-order valence-electron chi connectivity index (χ0n) is 10.4. The van der Waals surface area contributed by atoms with Crippen molar-refractivity contribution in [2.45, 2.75) is 32.2 Å². The third-order valence-electron chi connectivity index (χ3n) is 3.84. The fourth-order valence-corrected chi connectivity index (χ4v) is 2.86. The SMILES string of the molecule is CCC1(CC)c2cc(Cl)ccc2NC(=O)N1C. The average molecular weight is 253 g/mol. The summed E-state index contributed by atoms with van der Waals surface area (Å²) in [5.41, 5.74) is 1.74. The highest BCUT2D eigenvalue weighted by molar-refractivity contribution is 6.30. The zero-order chi connectivity index (χ0) is 12.6. The number of rotatable bonds is 2. The Balaban J connectivity index is 2.66. The van der Waals surface area contributed by atoms with Gasteiger partial charge in [0, 0.05) is 23.3 Å². The largest absolute Gasteiger partial charge is 0.322 e. The predicted molar refractivity (Wildman–Crippen MR) is 70.5 cm³/mol. The van der Waals surface area contributed by atoms with E-state index in [1.54, 1.807) is 4.90 Å². The number of nitrogens with one attached hydrogen (secondary N) is 1. The maximum absolute atomic E-state index is 12.0. The Bertz CT molecular complexity index is 455. The van der Waals surface area contributed by atoms with E-state index in [1.165, 1.54) is 0 Å². The Morgan fingerprint density at radius 1 is 1.35 bits per heavy atom. The molecule has 0 saturated heterocycles. The van der Waals surface area contributed by atoms with Crippen LogP contribution in [-0.2, 0) is 5.54 Å². The Kier molecular flexibility index (Phi) is 3.04. The van der Waals surface area contributed by atoms with Gasteiger partial charge in [0.05, 0.1) is 5.54 Å². The lowest BCUT2D eigenvalue weighted by atomic mass is 9.81. The summed E-state index contributed by atoms with van der Waals surface area (Å²) in [7, 11) is 1.84. The summed E-state index contributed by atoms with van der Waals surface area (Å²) in [5, 5.41) is 3.60. The number of carbonyl (C=O) groups is 1. The molecule has 1 heterocycles. The molecule has 2 rings (SSSR count). The number of urea groups is 1. The van der Waals surface area contributed by atoms with Gasteiger partial charge in [0.25, 0.3) is 0 Å². The highest BCUT2D eigenvalue weighted by atomic mass is 35.5. The van der Waals surface area contributed by atoms with E-state index < -0.39 is 0 Å². The first-order chi connectivity index (χ1) is 8.05. The monoisotopic (exact) mass is 252 g/mol. The van der Waals surface area contributed by atoms with Gasteiger partial charge in [-0.15, -0.1) is 0 Å². The summed E-state index contributed by atoms with van der Waals surface area (Å²) in [4.78, 5) is 13.7. The molecule has 92 valence electrons. The second-order valence-corrected chi connectivity index (χ2v) is 4.85. The normalized spacial score (nSPS) is 17.6. The molecule has 0 bridgehead atoms. The minimum atomic E-state index is -0.247. The van der Waals surface area contributed by atoms with E-state index in [1.807, 2.05) is 25.2 Å². The van der Waals surface area contributed by atoms with Crippen LogP contribution in [0.3, 0.4) is 0 Å². The van der Waals surface area contributed by atoms with Crippen molar-refractivity contribution < 1.29 is 4.79 Å². The van der Waals surface area contributed by atoms with Gasteiger partial charge in [-0.3, -0.25) is 0 Å². The standard InChI is InChI=1S/C13H17ClN2O/c1-4-13(5-2)10-8-9(14)6-7-11(10)15-12(17)16(13)3/h6-8H,4-5H2,1-3H3,(H,15,17). The first-order valence-corrected chi connectivity index (χ1v) is 6.27. The summed E-state index contributed by atoms with van der Waals surface area (Å²) in [6, 6.07) is 5.59. The van der Waals surface area contributed by atoms with Gasteiger partial charge >= 0.3 is 6.03 Å². The topological polar surface area (TPSA) is 32.3 Å². The predicted octanol–water partition coefficient (Wildman–Crippen LogP) is 3.83. The average Bonchev–Trinajstić information content (AvgIpc) is 2.33. The molecule has 1 aromatic rings. The van der Waals surface area contributed by atoms with Crippen LogP contribution in [0.5, 0.6) is 0 Å². The molecule has 0 aliphatic carbocycles. The number of benzene rings is 1. The van der Waals surface area contributed by atoms with Gasteiger partial charge in [0.1, 0.15) is 0 Å². The smallest absolute Gasteiger partial charge is 0.318 e. The lowest BCUT2D eigenvalue weighted by Crippen LogP contribution is -2.52. The molecule has 0 saturated carbocycles. The first kappa shape index (κ1) is 12.2. The summed E-state index contributed by atoms with van der Waals surface area (Å²) in [5.74, 6) is 0. The van der Waals surface area contributed by atoms with E-state index in [-0.39, 0.29) is 11.6 Å². The van der Waals surface area contributed by atoms with E-state index in [0.29, 0.717) is 5.02 Å². The van der Waals surface area contributed by atoms with E-state index in [2.05, 4.69) is 19.2 Å². The van der Waals surface area contributed by atoms with E-state index in [0.717, 1.165) is 24.1 Å². The van der Waals surface area contributed by atoms with Crippen LogP contribution in [0, 0.1) is 0 Å². The van der Waals surface area contributed by atoms with Gasteiger partial charge in [0.2, 0.25) is 0 Å². The second kappa shape index (κ2) is 4.22. The number of fused-ring (bicyclic) bond motifs is 1. The number of carbonyl (C=O) groups excluding carboxylic acids is 1. The molecule has 0 radical (unpaired) electrons. The fraction of sp³-hybridized carbons (Fsp3) is 0.462. The van der Waals surface area contributed by atoms with Crippen LogP contribution >= 0.6 is 11.6 Å². The van der Waals surface area contributed by atoms with Crippen molar-refractivity contribution in [3.63, 3.8) is 0 Å². The summed E-state index contributed by atoms with van der Waals surface area (Å²) in [6.07, 6.45) is 1.75. The summed E-state index contributed by atoms with van der Waals surface area (Å²) < 4.78 is 0. The Labute approximate surface area is 107 Å². The van der Waals surface area contributed by atoms with Crippen LogP contribution < -0.4 is 5.32 Å². The maximum atomic E-state index is 12.0. The van der Waals surface area contributed by atoms with Crippen molar-refractivity contribution in [3.05, 3.63) is 28.8 Å². The molecule has 0 aromatic heterocycles. The van der Waals surface area contributed by atoms with Crippen molar-refractivity contribution in [2.75, 3.05) is 12.4 Å². The van der Waals surface area contributed by atoms with Gasteiger partial charge < -0.3 is 10.2 Å². The van der Waals surface area contributed by atoms with Gasteiger partial charge in [-0.05, 0) is 31.0 Å². The molecular weight excluding hydrogens is 236 g/mol. The Morgan fingerprint density at radius 2 is 2.00 bits per heavy atom. The van der Waals surface area contributed by atoms with Gasteiger partial charge in [0.15, 0.2) is 0 Å². The maximum Gasteiger partial charge on any atom is 0.322 e. The number of nitrogens with zero attached hydrogens (tertiary/aromatic N) is 1. The molecule has 0 atom stereocenters. The molecule has 1 N–H and O–H groups in total. The molecule has 3 nitrogen and oxygen atoms in total. The molecule has 2 amide bonds. The van der Waals surface area contributed by atoms with Crippen LogP contribution in [-0.4, -0.2) is 18.0 Å². The third-order valence-corrected chi connectivity index (χ3v) is 4.08. The molecule has 0 spiro atoms. The minimum absolute atomic E-state index is 0.0523. The number of anilines is 1. The van der Waals surface area contributed by atoms with Crippen molar-refractivity contribution >= 4 is 23.3 Å². The van der Waals surface area contributed by atoms with Crippen LogP contribution in [0.4, 0.5) is 10.5 Å². The van der Waals surface area contributed by atoms with Gasteiger partial charge in [-0.1, -0.05) is 25.4 Å². The molecule has 4 heteroatoms. The quantitative estimate of drug-likeness (QED) is 0.852. The highest BCUT2D eigenvalue weighted by Gasteiger charge is 2.41. The minimum Gasteiger partial charge on any atom is -0.318 e. The van der Waals surface area contributed by atoms with E-state index >= 15 is 0 Å². The fourth-order valence-electron chi connectivity index (χ4n) is 2.69. The van der Waals surface area contributed by atoms with Crippen molar-refractivity contribution in [1.29, 1.82) is 0 Å². The number of hydrogen-bond acceptors (Lipinski definition) is 1. The van der Waals surface area contributed by atoms with Gasteiger partial charge in [-0.2, -0.15) is 0 Å². The lowest BCUT2D eigenvalue weighted by Gasteiger charge is -2.45. The van der Waals surface area contributed by atoms with Gasteiger partial charge in [-0.25, -0.2) is 4.79 Å². The molecule has 0 unspecified atom stereocenters. The molecule has 0 fully saturated rings. The van der Waals surface area contributed by atoms with Crippen LogP contribution in [0.1, 0.15) is 32.3 Å². The van der Waals surface area contributed by atoms with Crippen molar-refractivity contribution in [3.8, 4) is 0 Å². The molecular formula is C13H17ClN2O. The van der Waals surface area contributed by atoms with Crippen molar-refractivity contribution in [1.82, 2.24) is 4.90 Å². The first-order valence-electron chi connectivity index (χ1n) is 5.90. The number of halogens is 1. The summed E-state index contributed by atoms with van der Waals surface area (Å²) >= 11 is 6.07. The molecule has 1 aliphatic rings. The third kappa shape index (κ3) is 1.69. The highest BCUT2D eigenvalue weighted by Crippen LogP contribution is 2.43. The Hall–Kier alpha value is -1.22. The van der Waals surface area contributed by atoms with Crippen LogP contribution in [0.2, 0.25) is 5.02 Å².